The summed E-state index contributed by atoms with van der Waals surface area (Å²) in [6.45, 7) is 7.44. The molecule has 11 heteroatoms. The van der Waals surface area contributed by atoms with Crippen LogP contribution in [0.3, 0.4) is 0 Å². The first-order valence-electron chi connectivity index (χ1n) is 15.6. The molecule has 4 rings (SSSR count). The van der Waals surface area contributed by atoms with Crippen LogP contribution in [0.5, 0.6) is 0 Å². The lowest BCUT2D eigenvalue weighted by Crippen LogP contribution is -2.54. The summed E-state index contributed by atoms with van der Waals surface area (Å²) in [5.74, 6) is -1.33. The smallest absolute Gasteiger partial charge is 0.326 e. The van der Waals surface area contributed by atoms with Crippen LogP contribution in [0.1, 0.15) is 86.9 Å². The normalized spacial score (nSPS) is 17.1. The molecule has 1 unspecified atom stereocenters. The Kier molecular flexibility index (Phi) is 11.8. The molecule has 2 atom stereocenters. The summed E-state index contributed by atoms with van der Waals surface area (Å²) in [6.07, 6.45) is 4.44. The highest BCUT2D eigenvalue weighted by atomic mass is 32.2. The molecule has 45 heavy (non-hydrogen) atoms. The molecule has 10 nitrogen and oxygen atoms in total. The minimum absolute atomic E-state index is 0.221. The lowest BCUT2D eigenvalue weighted by atomic mass is 10.0. The van der Waals surface area contributed by atoms with E-state index in [4.69, 9.17) is 9.47 Å². The number of anilines is 1. The third kappa shape index (κ3) is 8.94. The molecular weight excluding hydrogens is 594 g/mol. The molecule has 0 bridgehead atoms. The highest BCUT2D eigenvalue weighted by Crippen LogP contribution is 2.34. The molecule has 1 N–H and O–H groups in total. The Hall–Kier alpha value is -3.70. The van der Waals surface area contributed by atoms with Crippen LogP contribution >= 0.6 is 11.8 Å². The minimum atomic E-state index is -0.723. The maximum atomic E-state index is 13.8. The topological polar surface area (TPSA) is 122 Å². The number of nitrogens with one attached hydrogen (secondary N) is 1. The number of carbonyl (C=O) groups excluding carboxylic acids is 5. The molecule has 0 fully saturated rings. The SMILES string of the molecule is CCOC(=O)[C@@H](CCCCCCCN1C(=O)c2ccccc2C1=O)NC1CSc2ccccc2N(CC(=O)OC(C)(C)C)C1=O. The van der Waals surface area contributed by atoms with Crippen LogP contribution in [0.15, 0.2) is 53.4 Å². The van der Waals surface area contributed by atoms with Crippen molar-refractivity contribution in [3.63, 3.8) is 0 Å². The van der Waals surface area contributed by atoms with Crippen LogP contribution in [0.25, 0.3) is 0 Å². The third-order valence-corrected chi connectivity index (χ3v) is 8.72. The number of hydrogen-bond acceptors (Lipinski definition) is 9. The van der Waals surface area contributed by atoms with E-state index in [9.17, 15) is 24.0 Å². The van der Waals surface area contributed by atoms with Crippen molar-refractivity contribution in [2.75, 3.05) is 30.3 Å². The maximum Gasteiger partial charge on any atom is 0.326 e. The summed E-state index contributed by atoms with van der Waals surface area (Å²) < 4.78 is 10.9. The number of para-hydroxylation sites is 1. The molecule has 2 aliphatic heterocycles. The van der Waals surface area contributed by atoms with Gasteiger partial charge in [-0.1, -0.05) is 49.9 Å². The highest BCUT2D eigenvalue weighted by molar-refractivity contribution is 7.99. The Morgan fingerprint density at radius 2 is 1.53 bits per heavy atom. The number of fused-ring (bicyclic) bond motifs is 2. The van der Waals surface area contributed by atoms with Crippen LogP contribution in [0, 0.1) is 0 Å². The van der Waals surface area contributed by atoms with Crippen molar-refractivity contribution >= 4 is 47.1 Å². The zero-order valence-corrected chi connectivity index (χ0v) is 27.3. The Labute approximate surface area is 269 Å². The Morgan fingerprint density at radius 3 is 2.20 bits per heavy atom. The number of imide groups is 1. The van der Waals surface area contributed by atoms with Gasteiger partial charge < -0.3 is 9.47 Å². The average Bonchev–Trinajstić information content (AvgIpc) is 3.16. The number of esters is 2. The van der Waals surface area contributed by atoms with Crippen LogP contribution in [0.2, 0.25) is 0 Å². The number of amides is 3. The first kappa shape index (κ1) is 34.2. The van der Waals surface area contributed by atoms with Crippen LogP contribution in [0.4, 0.5) is 5.69 Å². The predicted octanol–water partition coefficient (Wildman–Crippen LogP) is 4.99. The van der Waals surface area contributed by atoms with Gasteiger partial charge >= 0.3 is 11.9 Å². The van der Waals surface area contributed by atoms with E-state index in [0.717, 1.165) is 30.6 Å². The molecule has 2 aromatic carbocycles. The monoisotopic (exact) mass is 637 g/mol. The summed E-state index contributed by atoms with van der Waals surface area (Å²) >= 11 is 1.50. The number of unbranched alkanes of at least 4 members (excludes halogenated alkanes) is 4. The van der Waals surface area contributed by atoms with Crippen molar-refractivity contribution < 1.29 is 33.4 Å². The molecule has 0 aliphatic carbocycles. The number of benzene rings is 2. The number of thioether (sulfide) groups is 1. The van der Waals surface area contributed by atoms with E-state index in [1.54, 1.807) is 52.0 Å². The van der Waals surface area contributed by atoms with Gasteiger partial charge in [0.05, 0.1) is 29.5 Å². The summed E-state index contributed by atoms with van der Waals surface area (Å²) in [7, 11) is 0. The molecule has 0 aromatic heterocycles. The number of ether oxygens (including phenoxy) is 2. The van der Waals surface area contributed by atoms with Gasteiger partial charge in [0.15, 0.2) is 0 Å². The summed E-state index contributed by atoms with van der Waals surface area (Å²) in [5.41, 5.74) is 0.864. The lowest BCUT2D eigenvalue weighted by Gasteiger charge is -2.28. The lowest BCUT2D eigenvalue weighted by molar-refractivity contribution is -0.154. The van der Waals surface area contributed by atoms with E-state index in [2.05, 4.69) is 5.32 Å². The molecule has 2 heterocycles. The van der Waals surface area contributed by atoms with Gasteiger partial charge in [-0.15, -0.1) is 11.8 Å². The summed E-state index contributed by atoms with van der Waals surface area (Å²) in [6, 6.07) is 12.9. The van der Waals surface area contributed by atoms with Crippen LogP contribution in [-0.4, -0.2) is 77.7 Å². The average molecular weight is 638 g/mol. The number of rotatable bonds is 14. The third-order valence-electron chi connectivity index (χ3n) is 7.56. The molecule has 0 saturated carbocycles. The minimum Gasteiger partial charge on any atom is -0.465 e. The number of nitrogens with zero attached hydrogens (tertiary/aromatic N) is 2. The predicted molar refractivity (Wildman–Crippen MR) is 172 cm³/mol. The van der Waals surface area contributed by atoms with Gasteiger partial charge in [0.25, 0.3) is 11.8 Å². The first-order chi connectivity index (χ1) is 21.5. The first-order valence-corrected chi connectivity index (χ1v) is 16.6. The van der Waals surface area contributed by atoms with Crippen LogP contribution < -0.4 is 10.2 Å². The van der Waals surface area contributed by atoms with Crippen molar-refractivity contribution in [3.05, 3.63) is 59.7 Å². The molecule has 3 amide bonds. The Morgan fingerprint density at radius 1 is 0.911 bits per heavy atom. The van der Waals surface area contributed by atoms with Crippen LogP contribution in [-0.2, 0) is 23.9 Å². The molecule has 0 saturated heterocycles. The van der Waals surface area contributed by atoms with E-state index >= 15 is 0 Å². The fourth-order valence-electron chi connectivity index (χ4n) is 5.48. The second-order valence-corrected chi connectivity index (χ2v) is 13.2. The van der Waals surface area contributed by atoms with E-state index in [0.29, 0.717) is 42.0 Å². The Balaban J connectivity index is 1.31. The van der Waals surface area contributed by atoms with E-state index < -0.39 is 29.6 Å². The van der Waals surface area contributed by atoms with E-state index in [-0.39, 0.29) is 30.9 Å². The van der Waals surface area contributed by atoms with Crippen molar-refractivity contribution in [1.82, 2.24) is 10.2 Å². The van der Waals surface area contributed by atoms with Crippen molar-refractivity contribution in [3.8, 4) is 0 Å². The fraction of sp³-hybridized carbons (Fsp3) is 0.500. The van der Waals surface area contributed by atoms with Crippen molar-refractivity contribution in [2.24, 2.45) is 0 Å². The van der Waals surface area contributed by atoms with Gasteiger partial charge in [-0.25, -0.2) is 0 Å². The zero-order chi connectivity index (χ0) is 32.6. The largest absolute Gasteiger partial charge is 0.465 e. The van der Waals surface area contributed by atoms with Gasteiger partial charge in [-0.2, -0.15) is 0 Å². The van der Waals surface area contributed by atoms with Gasteiger partial charge in [-0.3, -0.25) is 39.1 Å². The molecule has 242 valence electrons. The van der Waals surface area contributed by atoms with Crippen molar-refractivity contribution in [1.29, 1.82) is 0 Å². The highest BCUT2D eigenvalue weighted by Gasteiger charge is 2.36. The quantitative estimate of drug-likeness (QED) is 0.173. The standard InChI is InChI=1S/C34H43N3O7S/c1-5-43-33(42)25(17-9-7-6-8-14-20-36-30(39)23-15-10-11-16-24(23)31(36)40)35-26-22-45-28-19-13-12-18-27(28)37(32(26)41)21-29(38)44-34(2,3)4/h10-13,15-16,18-19,25-26,35H,5-9,14,17,20-22H2,1-4H3/t25-,26?/m1/s1. The molecule has 0 spiro atoms. The van der Waals surface area contributed by atoms with E-state index in [1.165, 1.54) is 21.6 Å². The number of carbonyl (C=O) groups is 5. The second-order valence-electron chi connectivity index (χ2n) is 12.2. The molecule has 2 aliphatic rings. The van der Waals surface area contributed by atoms with Gasteiger partial charge in [-0.05, 0) is 64.8 Å². The maximum absolute atomic E-state index is 13.8. The summed E-state index contributed by atoms with van der Waals surface area (Å²) in [4.78, 5) is 68.3. The number of hydrogen-bond donors (Lipinski definition) is 1. The molecule has 2 aromatic rings. The zero-order valence-electron chi connectivity index (χ0n) is 26.5. The molecule has 0 radical (unpaired) electrons. The van der Waals surface area contributed by atoms with Gasteiger partial charge in [0.1, 0.15) is 18.2 Å². The summed E-state index contributed by atoms with van der Waals surface area (Å²) in [5, 5.41) is 3.25. The Bertz CT molecular complexity index is 1370. The van der Waals surface area contributed by atoms with Gasteiger partial charge in [0, 0.05) is 17.2 Å². The van der Waals surface area contributed by atoms with Crippen molar-refractivity contribution in [2.45, 2.75) is 88.8 Å². The van der Waals surface area contributed by atoms with E-state index in [1.807, 2.05) is 24.3 Å². The molecular formula is C34H43N3O7S. The van der Waals surface area contributed by atoms with Gasteiger partial charge in [0.2, 0.25) is 5.91 Å². The fourth-order valence-corrected chi connectivity index (χ4v) is 6.57. The second kappa shape index (κ2) is 15.5.